The molecule has 0 aliphatic heterocycles. The Hall–Kier alpha value is -0.693. The molecule has 106 valence electrons. The maximum Gasteiger partial charge on any atom is 0.330 e. The van der Waals surface area contributed by atoms with Crippen LogP contribution in [0.5, 0.6) is 0 Å². The van der Waals surface area contributed by atoms with Gasteiger partial charge in [-0.05, 0) is 13.3 Å². The number of rotatable bonds is 11. The minimum atomic E-state index is -0.353. The van der Waals surface area contributed by atoms with Gasteiger partial charge in [-0.25, -0.2) is 4.79 Å². The quantitative estimate of drug-likeness (QED) is 0.183. The van der Waals surface area contributed by atoms with Gasteiger partial charge >= 0.3 is 5.97 Å². The number of esters is 1. The molecule has 0 amide bonds. The molecule has 0 heterocycles. The van der Waals surface area contributed by atoms with Crippen molar-refractivity contribution in [3.63, 3.8) is 0 Å². The SMILES string of the molecule is CC=CC(=O)OCCOCCC[SiH2]C(OC)OC. The molecule has 0 N–H and O–H groups in total. The zero-order chi connectivity index (χ0) is 13.6. The minimum Gasteiger partial charge on any atom is -0.460 e. The van der Waals surface area contributed by atoms with Crippen molar-refractivity contribution < 1.29 is 23.7 Å². The van der Waals surface area contributed by atoms with E-state index in [1.807, 2.05) is 0 Å². The van der Waals surface area contributed by atoms with Gasteiger partial charge in [-0.1, -0.05) is 12.1 Å². The highest BCUT2D eigenvalue weighted by Crippen LogP contribution is 1.97. The van der Waals surface area contributed by atoms with Gasteiger partial charge in [0.15, 0.2) is 0 Å². The zero-order valence-electron chi connectivity index (χ0n) is 11.5. The fourth-order valence-corrected chi connectivity index (χ4v) is 2.63. The maximum atomic E-state index is 10.9. The first kappa shape index (κ1) is 17.3. The molecule has 0 aromatic carbocycles. The minimum absolute atomic E-state index is 0.00628. The molecule has 0 aliphatic rings. The Balaban J connectivity index is 3.23. The maximum absolute atomic E-state index is 10.9. The summed E-state index contributed by atoms with van der Waals surface area (Å²) in [5.74, 6) is -0.316. The lowest BCUT2D eigenvalue weighted by Crippen LogP contribution is -2.21. The van der Waals surface area contributed by atoms with Gasteiger partial charge in [0.2, 0.25) is 0 Å². The summed E-state index contributed by atoms with van der Waals surface area (Å²) in [7, 11) is 2.97. The number of hydrogen-bond donors (Lipinski definition) is 0. The average molecular weight is 276 g/mol. The van der Waals surface area contributed by atoms with E-state index in [9.17, 15) is 4.79 Å². The Morgan fingerprint density at radius 3 is 2.56 bits per heavy atom. The smallest absolute Gasteiger partial charge is 0.330 e. The van der Waals surface area contributed by atoms with Gasteiger partial charge in [0.1, 0.15) is 12.5 Å². The monoisotopic (exact) mass is 276 g/mol. The van der Waals surface area contributed by atoms with Crippen LogP contribution in [0.25, 0.3) is 0 Å². The Bertz CT molecular complexity index is 229. The standard InChI is InChI=1S/C12H24O5Si/c1-4-6-11(13)17-9-8-16-7-5-10-18-12(14-2)15-3/h4,6,12H,5,7-10,18H2,1-3H3. The predicted molar refractivity (Wildman–Crippen MR) is 72.4 cm³/mol. The lowest BCUT2D eigenvalue weighted by atomic mass is 10.5. The number of carbonyl (C=O) groups excluding carboxylic acids is 1. The summed E-state index contributed by atoms with van der Waals surface area (Å²) in [5, 5.41) is 0. The van der Waals surface area contributed by atoms with Crippen molar-refractivity contribution in [3.05, 3.63) is 12.2 Å². The molecule has 5 nitrogen and oxygen atoms in total. The highest BCUT2D eigenvalue weighted by atomic mass is 28.2. The van der Waals surface area contributed by atoms with E-state index in [0.717, 1.165) is 12.5 Å². The van der Waals surface area contributed by atoms with Crippen LogP contribution in [-0.4, -0.2) is 55.4 Å². The first-order chi connectivity index (χ1) is 8.74. The van der Waals surface area contributed by atoms with E-state index in [1.54, 1.807) is 27.2 Å². The van der Waals surface area contributed by atoms with Crippen LogP contribution >= 0.6 is 0 Å². The van der Waals surface area contributed by atoms with Crippen LogP contribution < -0.4 is 0 Å². The third-order valence-electron chi connectivity index (χ3n) is 2.28. The summed E-state index contributed by atoms with van der Waals surface area (Å²) in [5.41, 5.74) is 0. The predicted octanol–water partition coefficient (Wildman–Crippen LogP) is 0.676. The van der Waals surface area contributed by atoms with Crippen molar-refractivity contribution in [2.75, 3.05) is 34.0 Å². The van der Waals surface area contributed by atoms with Crippen LogP contribution in [0.15, 0.2) is 12.2 Å². The molecule has 18 heavy (non-hydrogen) atoms. The van der Waals surface area contributed by atoms with E-state index in [0.29, 0.717) is 19.8 Å². The molecule has 0 atom stereocenters. The summed E-state index contributed by atoms with van der Waals surface area (Å²) < 4.78 is 20.5. The van der Waals surface area contributed by atoms with E-state index in [4.69, 9.17) is 18.9 Å². The molecule has 6 heteroatoms. The van der Waals surface area contributed by atoms with Crippen LogP contribution in [0, 0.1) is 0 Å². The normalized spacial score (nSPS) is 12.0. The molecule has 0 aromatic rings. The Morgan fingerprint density at radius 2 is 1.94 bits per heavy atom. The van der Waals surface area contributed by atoms with Crippen molar-refractivity contribution in [2.24, 2.45) is 0 Å². The topological polar surface area (TPSA) is 54.0 Å². The Labute approximate surface area is 111 Å². The zero-order valence-corrected chi connectivity index (χ0v) is 12.9. The molecule has 0 aromatic heterocycles. The molecular formula is C12H24O5Si. The molecule has 0 saturated carbocycles. The van der Waals surface area contributed by atoms with Crippen LogP contribution in [0.2, 0.25) is 6.04 Å². The van der Waals surface area contributed by atoms with Crippen molar-refractivity contribution >= 4 is 15.5 Å². The third kappa shape index (κ3) is 10.5. The highest BCUT2D eigenvalue weighted by Gasteiger charge is 2.04. The Kier molecular flexibility index (Phi) is 12.3. The van der Waals surface area contributed by atoms with Gasteiger partial charge in [-0.2, -0.15) is 0 Å². The first-order valence-corrected chi connectivity index (χ1v) is 7.99. The second-order valence-corrected chi connectivity index (χ2v) is 5.63. The van der Waals surface area contributed by atoms with E-state index in [1.165, 1.54) is 6.08 Å². The first-order valence-electron chi connectivity index (χ1n) is 6.17. The van der Waals surface area contributed by atoms with Crippen LogP contribution in [-0.2, 0) is 23.7 Å². The van der Waals surface area contributed by atoms with Gasteiger partial charge < -0.3 is 18.9 Å². The number of hydrogen-bond acceptors (Lipinski definition) is 5. The van der Waals surface area contributed by atoms with Crippen LogP contribution in [0.4, 0.5) is 0 Å². The van der Waals surface area contributed by atoms with Crippen molar-refractivity contribution in [1.29, 1.82) is 0 Å². The van der Waals surface area contributed by atoms with E-state index in [2.05, 4.69) is 0 Å². The van der Waals surface area contributed by atoms with E-state index < -0.39 is 0 Å². The van der Waals surface area contributed by atoms with Gasteiger partial charge in [0.05, 0.1) is 16.1 Å². The second kappa shape index (κ2) is 12.8. The second-order valence-electron chi connectivity index (χ2n) is 3.68. The number of ether oxygens (including phenoxy) is 4. The van der Waals surface area contributed by atoms with Gasteiger partial charge in [-0.15, -0.1) is 0 Å². The lowest BCUT2D eigenvalue weighted by Gasteiger charge is -2.12. The molecule has 0 unspecified atom stereocenters. The number of allylic oxidation sites excluding steroid dienone is 1. The van der Waals surface area contributed by atoms with Crippen molar-refractivity contribution in [3.8, 4) is 0 Å². The molecule has 0 rings (SSSR count). The van der Waals surface area contributed by atoms with Crippen LogP contribution in [0.1, 0.15) is 13.3 Å². The molecule has 0 radical (unpaired) electrons. The van der Waals surface area contributed by atoms with E-state index >= 15 is 0 Å². The highest BCUT2D eigenvalue weighted by molar-refractivity contribution is 6.36. The number of methoxy groups -OCH3 is 2. The van der Waals surface area contributed by atoms with Gasteiger partial charge in [0, 0.05) is 26.9 Å². The summed E-state index contributed by atoms with van der Waals surface area (Å²) in [4.78, 5) is 10.9. The molecular weight excluding hydrogens is 252 g/mol. The average Bonchev–Trinajstić information content (AvgIpc) is 2.37. The largest absolute Gasteiger partial charge is 0.460 e. The lowest BCUT2D eigenvalue weighted by molar-refractivity contribution is -0.139. The fourth-order valence-electron chi connectivity index (χ4n) is 1.33. The molecule has 0 aliphatic carbocycles. The summed E-state index contributed by atoms with van der Waals surface area (Å²) in [6, 6.07) is 1.12. The Morgan fingerprint density at radius 1 is 1.22 bits per heavy atom. The molecule has 0 bridgehead atoms. The number of carbonyl (C=O) groups is 1. The molecule has 0 saturated heterocycles. The summed E-state index contributed by atoms with van der Waals surface area (Å²) >= 11 is 0. The van der Waals surface area contributed by atoms with Crippen LogP contribution in [0.3, 0.4) is 0 Å². The molecule has 0 fully saturated rings. The van der Waals surface area contributed by atoms with Gasteiger partial charge in [0.25, 0.3) is 0 Å². The van der Waals surface area contributed by atoms with Gasteiger partial charge in [-0.3, -0.25) is 0 Å². The van der Waals surface area contributed by atoms with E-state index in [-0.39, 0.29) is 21.4 Å². The summed E-state index contributed by atoms with van der Waals surface area (Å²) in [6.07, 6.45) is 4.04. The molecule has 0 spiro atoms. The fraction of sp³-hybridized carbons (Fsp3) is 0.750. The van der Waals surface area contributed by atoms with Crippen molar-refractivity contribution in [1.82, 2.24) is 0 Å². The third-order valence-corrected chi connectivity index (χ3v) is 4.33. The summed E-state index contributed by atoms with van der Waals surface area (Å²) in [6.45, 7) is 3.21. The van der Waals surface area contributed by atoms with Crippen molar-refractivity contribution in [2.45, 2.75) is 25.3 Å².